The predicted molar refractivity (Wildman–Crippen MR) is 87.7 cm³/mol. The Morgan fingerprint density at radius 2 is 1.65 bits per heavy atom. The molecule has 0 aromatic heterocycles. The van der Waals surface area contributed by atoms with Gasteiger partial charge in [0.05, 0.1) is 14.2 Å². The molecule has 0 saturated carbocycles. The Hall–Kier alpha value is -2.62. The van der Waals surface area contributed by atoms with E-state index in [1.165, 1.54) is 19.6 Å². The minimum atomic E-state index is -0.930. The fraction of sp³-hybridized carbons (Fsp3) is 0.263. The van der Waals surface area contributed by atoms with E-state index in [-0.39, 0.29) is 5.92 Å². The standard InChI is InChI=1S/C19H18O4/c1-22-18(20)17(19(21)23-2)15-8-7-14-9-12-5-3-4-6-13(12)10-16(14)11-15/h3-10,15,17H,11H2,1-2H3/t15-/m0/s1. The highest BCUT2D eigenvalue weighted by atomic mass is 16.5. The van der Waals surface area contributed by atoms with Crippen molar-refractivity contribution in [2.24, 2.45) is 11.8 Å². The summed E-state index contributed by atoms with van der Waals surface area (Å²) < 4.78 is 9.55. The Bertz CT molecular complexity index is 775. The average Bonchev–Trinajstić information content (AvgIpc) is 2.59. The van der Waals surface area contributed by atoms with E-state index < -0.39 is 17.9 Å². The average molecular weight is 310 g/mol. The number of allylic oxidation sites excluding steroid dienone is 1. The van der Waals surface area contributed by atoms with E-state index in [2.05, 4.69) is 24.3 Å². The normalized spacial score (nSPS) is 16.2. The molecular formula is C19H18O4. The van der Waals surface area contributed by atoms with Crippen molar-refractivity contribution in [3.63, 3.8) is 0 Å². The van der Waals surface area contributed by atoms with Gasteiger partial charge < -0.3 is 9.47 Å². The third-order valence-electron chi connectivity index (χ3n) is 4.32. The van der Waals surface area contributed by atoms with Gasteiger partial charge in [0.1, 0.15) is 0 Å². The lowest BCUT2D eigenvalue weighted by atomic mass is 9.80. The van der Waals surface area contributed by atoms with E-state index in [0.717, 1.165) is 16.5 Å². The molecule has 2 aromatic rings. The summed E-state index contributed by atoms with van der Waals surface area (Å²) in [6, 6.07) is 12.4. The van der Waals surface area contributed by atoms with Gasteiger partial charge in [0.2, 0.25) is 0 Å². The first-order chi connectivity index (χ1) is 11.1. The minimum absolute atomic E-state index is 0.261. The number of ether oxygens (including phenoxy) is 2. The predicted octanol–water partition coefficient (Wildman–Crippen LogP) is 2.99. The minimum Gasteiger partial charge on any atom is -0.468 e. The van der Waals surface area contributed by atoms with Crippen molar-refractivity contribution in [2.75, 3.05) is 14.2 Å². The van der Waals surface area contributed by atoms with Crippen LogP contribution in [0, 0.1) is 11.8 Å². The maximum atomic E-state index is 12.0. The summed E-state index contributed by atoms with van der Waals surface area (Å²) in [5, 5.41) is 2.32. The second-order valence-electron chi connectivity index (χ2n) is 5.65. The highest BCUT2D eigenvalue weighted by Crippen LogP contribution is 2.32. The van der Waals surface area contributed by atoms with Crippen molar-refractivity contribution < 1.29 is 19.1 Å². The molecule has 1 aliphatic carbocycles. The third kappa shape index (κ3) is 2.84. The van der Waals surface area contributed by atoms with E-state index in [4.69, 9.17) is 9.47 Å². The van der Waals surface area contributed by atoms with Crippen LogP contribution < -0.4 is 0 Å². The van der Waals surface area contributed by atoms with Crippen LogP contribution >= 0.6 is 0 Å². The summed E-state index contributed by atoms with van der Waals surface area (Å²) in [5.74, 6) is -2.31. The number of hydrogen-bond acceptors (Lipinski definition) is 4. The maximum absolute atomic E-state index is 12.0. The molecule has 3 rings (SSSR count). The number of fused-ring (bicyclic) bond motifs is 2. The number of benzene rings is 2. The summed E-state index contributed by atoms with van der Waals surface area (Å²) in [7, 11) is 2.57. The van der Waals surface area contributed by atoms with Crippen molar-refractivity contribution in [3.8, 4) is 0 Å². The van der Waals surface area contributed by atoms with Crippen LogP contribution in [0.1, 0.15) is 11.1 Å². The number of hydrogen-bond donors (Lipinski definition) is 0. The summed E-state index contributed by atoms with van der Waals surface area (Å²) in [6.07, 6.45) is 4.47. The molecule has 0 amide bonds. The smallest absolute Gasteiger partial charge is 0.320 e. The Morgan fingerprint density at radius 3 is 2.26 bits per heavy atom. The number of carbonyl (C=O) groups is 2. The molecule has 0 bridgehead atoms. The number of esters is 2. The summed E-state index contributed by atoms with van der Waals surface area (Å²) in [4.78, 5) is 24.0. The zero-order valence-electron chi connectivity index (χ0n) is 13.1. The van der Waals surface area contributed by atoms with Gasteiger partial charge in [-0.3, -0.25) is 9.59 Å². The fourth-order valence-corrected chi connectivity index (χ4v) is 3.11. The molecule has 0 fully saturated rings. The molecule has 1 aliphatic rings. The first kappa shape index (κ1) is 15.3. The molecule has 0 N–H and O–H groups in total. The molecule has 0 spiro atoms. The number of rotatable bonds is 3. The highest BCUT2D eigenvalue weighted by Gasteiger charge is 2.36. The molecule has 0 aliphatic heterocycles. The van der Waals surface area contributed by atoms with Crippen LogP contribution in [0.3, 0.4) is 0 Å². The summed E-state index contributed by atoms with van der Waals surface area (Å²) in [6.45, 7) is 0. The van der Waals surface area contributed by atoms with Crippen LogP contribution in [0.4, 0.5) is 0 Å². The molecule has 118 valence electrons. The van der Waals surface area contributed by atoms with Gasteiger partial charge in [-0.2, -0.15) is 0 Å². The lowest BCUT2D eigenvalue weighted by Gasteiger charge is -2.24. The van der Waals surface area contributed by atoms with Crippen LogP contribution in [-0.2, 0) is 25.5 Å². The number of carbonyl (C=O) groups excluding carboxylic acids is 2. The summed E-state index contributed by atoms with van der Waals surface area (Å²) >= 11 is 0. The zero-order valence-corrected chi connectivity index (χ0v) is 13.1. The van der Waals surface area contributed by atoms with Gasteiger partial charge in [-0.05, 0) is 34.4 Å². The second-order valence-corrected chi connectivity index (χ2v) is 5.65. The summed E-state index contributed by atoms with van der Waals surface area (Å²) in [5.41, 5.74) is 2.24. The van der Waals surface area contributed by atoms with Crippen molar-refractivity contribution in [3.05, 3.63) is 53.6 Å². The highest BCUT2D eigenvalue weighted by molar-refractivity contribution is 5.96. The Balaban J connectivity index is 1.97. The number of methoxy groups -OCH3 is 2. The van der Waals surface area contributed by atoms with E-state index in [1.807, 2.05) is 24.3 Å². The quantitative estimate of drug-likeness (QED) is 0.646. The maximum Gasteiger partial charge on any atom is 0.320 e. The first-order valence-electron chi connectivity index (χ1n) is 7.49. The van der Waals surface area contributed by atoms with Gasteiger partial charge in [-0.15, -0.1) is 0 Å². The zero-order chi connectivity index (χ0) is 16.4. The Morgan fingerprint density at radius 1 is 1.04 bits per heavy atom. The van der Waals surface area contributed by atoms with Crippen molar-refractivity contribution in [1.29, 1.82) is 0 Å². The molecule has 0 radical (unpaired) electrons. The largest absolute Gasteiger partial charge is 0.468 e. The van der Waals surface area contributed by atoms with Gasteiger partial charge in [-0.25, -0.2) is 0 Å². The topological polar surface area (TPSA) is 52.6 Å². The van der Waals surface area contributed by atoms with E-state index in [1.54, 1.807) is 0 Å². The van der Waals surface area contributed by atoms with Crippen molar-refractivity contribution in [1.82, 2.24) is 0 Å². The SMILES string of the molecule is COC(=O)C(C(=O)OC)[C@H]1C=Cc2cc3ccccc3cc2C1. The molecule has 0 saturated heterocycles. The van der Waals surface area contributed by atoms with Crippen LogP contribution in [0.15, 0.2) is 42.5 Å². The first-order valence-corrected chi connectivity index (χ1v) is 7.49. The molecule has 2 aromatic carbocycles. The Labute approximate surface area is 134 Å². The molecular weight excluding hydrogens is 292 g/mol. The lowest BCUT2D eigenvalue weighted by Crippen LogP contribution is -2.34. The second kappa shape index (κ2) is 6.24. The van der Waals surface area contributed by atoms with Crippen LogP contribution in [0.5, 0.6) is 0 Å². The van der Waals surface area contributed by atoms with Crippen LogP contribution in [0.25, 0.3) is 16.8 Å². The fourth-order valence-electron chi connectivity index (χ4n) is 3.11. The third-order valence-corrected chi connectivity index (χ3v) is 4.32. The van der Waals surface area contributed by atoms with E-state index >= 15 is 0 Å². The van der Waals surface area contributed by atoms with Crippen LogP contribution in [0.2, 0.25) is 0 Å². The molecule has 4 nitrogen and oxygen atoms in total. The lowest BCUT2D eigenvalue weighted by molar-refractivity contribution is -0.160. The Kier molecular flexibility index (Phi) is 4.15. The van der Waals surface area contributed by atoms with E-state index in [0.29, 0.717) is 6.42 Å². The van der Waals surface area contributed by atoms with Gasteiger partial charge in [0.15, 0.2) is 5.92 Å². The molecule has 0 unspecified atom stereocenters. The van der Waals surface area contributed by atoms with E-state index in [9.17, 15) is 9.59 Å². The van der Waals surface area contributed by atoms with Gasteiger partial charge in [0, 0.05) is 5.92 Å². The molecule has 4 heteroatoms. The van der Waals surface area contributed by atoms with Gasteiger partial charge in [-0.1, -0.05) is 42.5 Å². The monoisotopic (exact) mass is 310 g/mol. The van der Waals surface area contributed by atoms with Crippen LogP contribution in [-0.4, -0.2) is 26.2 Å². The van der Waals surface area contributed by atoms with Gasteiger partial charge >= 0.3 is 11.9 Å². The van der Waals surface area contributed by atoms with Crippen molar-refractivity contribution >= 4 is 28.8 Å². The molecule has 1 atom stereocenters. The van der Waals surface area contributed by atoms with Gasteiger partial charge in [0.25, 0.3) is 0 Å². The molecule has 0 heterocycles. The van der Waals surface area contributed by atoms with Crippen molar-refractivity contribution in [2.45, 2.75) is 6.42 Å². The molecule has 23 heavy (non-hydrogen) atoms.